The Balaban J connectivity index is 2.74. The van der Waals surface area contributed by atoms with Crippen LogP contribution in [0.3, 0.4) is 0 Å². The number of nitrogens with zero attached hydrogens (tertiary/aromatic N) is 4. The zero-order valence-corrected chi connectivity index (χ0v) is 12.8. The molecule has 0 aliphatic rings. The fourth-order valence-electron chi connectivity index (χ4n) is 1.52. The van der Waals surface area contributed by atoms with Crippen LogP contribution < -0.4 is 0 Å². The number of hydrogen-bond acceptors (Lipinski definition) is 4. The Morgan fingerprint density at radius 2 is 2.16 bits per heavy atom. The second-order valence-electron chi connectivity index (χ2n) is 4.65. The van der Waals surface area contributed by atoms with Crippen molar-refractivity contribution in [1.82, 2.24) is 19.7 Å². The zero-order valence-electron chi connectivity index (χ0n) is 12.0. The minimum atomic E-state index is -1.23. The van der Waals surface area contributed by atoms with Gasteiger partial charge in [-0.3, -0.25) is 4.21 Å². The highest BCUT2D eigenvalue weighted by Crippen LogP contribution is 2.05. The van der Waals surface area contributed by atoms with E-state index in [1.807, 2.05) is 6.92 Å². The number of aromatic nitrogens is 3. The van der Waals surface area contributed by atoms with E-state index in [-0.39, 0.29) is 11.2 Å². The molecule has 1 aromatic heterocycles. The SMILES string of the molecule is CCN(CCC(C)C)C(=O)n1cnc(S(=O)CC)n1. The van der Waals surface area contributed by atoms with Crippen LogP contribution in [-0.4, -0.2) is 48.7 Å². The second-order valence-corrected chi connectivity index (χ2v) is 6.28. The summed E-state index contributed by atoms with van der Waals surface area (Å²) in [4.78, 5) is 17.8. The average molecular weight is 286 g/mol. The van der Waals surface area contributed by atoms with E-state index in [4.69, 9.17) is 0 Å². The molecular weight excluding hydrogens is 264 g/mol. The van der Waals surface area contributed by atoms with Crippen LogP contribution in [0.5, 0.6) is 0 Å². The summed E-state index contributed by atoms with van der Waals surface area (Å²) in [6.07, 6.45) is 2.28. The van der Waals surface area contributed by atoms with E-state index in [0.29, 0.717) is 24.8 Å². The van der Waals surface area contributed by atoms with E-state index in [1.165, 1.54) is 11.0 Å². The van der Waals surface area contributed by atoms with Crippen LogP contribution in [0.25, 0.3) is 0 Å². The molecule has 6 nitrogen and oxygen atoms in total. The smallest absolute Gasteiger partial charge is 0.323 e. The average Bonchev–Trinajstić information content (AvgIpc) is 2.87. The molecule has 1 amide bonds. The number of hydrogen-bond donors (Lipinski definition) is 0. The minimum absolute atomic E-state index is 0.213. The molecule has 0 saturated carbocycles. The molecule has 0 aliphatic carbocycles. The van der Waals surface area contributed by atoms with Gasteiger partial charge in [-0.1, -0.05) is 20.8 Å². The summed E-state index contributed by atoms with van der Waals surface area (Å²) >= 11 is 0. The topological polar surface area (TPSA) is 68.1 Å². The molecule has 0 saturated heterocycles. The van der Waals surface area contributed by atoms with Crippen molar-refractivity contribution in [3.05, 3.63) is 6.33 Å². The molecule has 7 heteroatoms. The molecule has 1 rings (SSSR count). The Morgan fingerprint density at radius 3 is 2.68 bits per heavy atom. The molecule has 0 aromatic carbocycles. The Morgan fingerprint density at radius 1 is 1.47 bits per heavy atom. The fourth-order valence-corrected chi connectivity index (χ4v) is 2.12. The summed E-state index contributed by atoms with van der Waals surface area (Å²) < 4.78 is 12.7. The van der Waals surface area contributed by atoms with Crippen molar-refractivity contribution in [3.8, 4) is 0 Å². The maximum atomic E-state index is 12.2. The van der Waals surface area contributed by atoms with Gasteiger partial charge in [0, 0.05) is 18.8 Å². The largest absolute Gasteiger partial charge is 0.346 e. The summed E-state index contributed by atoms with van der Waals surface area (Å²) in [5.41, 5.74) is 0. The van der Waals surface area contributed by atoms with Crippen molar-refractivity contribution in [2.75, 3.05) is 18.8 Å². The van der Waals surface area contributed by atoms with Crippen molar-refractivity contribution in [2.45, 2.75) is 39.3 Å². The molecule has 1 atom stereocenters. The van der Waals surface area contributed by atoms with Crippen molar-refractivity contribution in [3.63, 3.8) is 0 Å². The molecule has 1 heterocycles. The summed E-state index contributed by atoms with van der Waals surface area (Å²) in [7, 11) is -1.23. The van der Waals surface area contributed by atoms with Crippen molar-refractivity contribution >= 4 is 16.8 Å². The molecular formula is C12H22N4O2S. The third kappa shape index (κ3) is 4.41. The first-order valence-corrected chi connectivity index (χ1v) is 7.90. The first kappa shape index (κ1) is 15.8. The highest BCUT2D eigenvalue weighted by Gasteiger charge is 2.17. The van der Waals surface area contributed by atoms with E-state index in [1.54, 1.807) is 11.8 Å². The first-order chi connectivity index (χ1) is 8.99. The van der Waals surface area contributed by atoms with Gasteiger partial charge in [-0.2, -0.15) is 4.68 Å². The van der Waals surface area contributed by atoms with Gasteiger partial charge in [0.2, 0.25) is 5.16 Å². The van der Waals surface area contributed by atoms with Crippen LogP contribution in [0.4, 0.5) is 4.79 Å². The minimum Gasteiger partial charge on any atom is -0.323 e. The predicted molar refractivity (Wildman–Crippen MR) is 74.5 cm³/mol. The van der Waals surface area contributed by atoms with E-state index < -0.39 is 10.8 Å². The Hall–Kier alpha value is -1.24. The summed E-state index contributed by atoms with van der Waals surface area (Å²) in [6, 6.07) is -0.213. The Labute approximate surface area is 116 Å². The van der Waals surface area contributed by atoms with Crippen molar-refractivity contribution in [1.29, 1.82) is 0 Å². The van der Waals surface area contributed by atoms with Crippen LogP contribution in [0.15, 0.2) is 11.5 Å². The van der Waals surface area contributed by atoms with Crippen molar-refractivity contribution < 1.29 is 9.00 Å². The van der Waals surface area contributed by atoms with E-state index >= 15 is 0 Å². The Kier molecular flexibility index (Phi) is 6.14. The lowest BCUT2D eigenvalue weighted by Crippen LogP contribution is -2.36. The third-order valence-electron chi connectivity index (χ3n) is 2.76. The van der Waals surface area contributed by atoms with E-state index in [2.05, 4.69) is 23.9 Å². The van der Waals surface area contributed by atoms with Gasteiger partial charge in [-0.25, -0.2) is 9.78 Å². The molecule has 19 heavy (non-hydrogen) atoms. The number of carbonyl (C=O) groups is 1. The summed E-state index contributed by atoms with van der Waals surface area (Å²) in [5.74, 6) is 0.990. The van der Waals surface area contributed by atoms with E-state index in [0.717, 1.165) is 6.42 Å². The molecule has 1 aromatic rings. The molecule has 0 bridgehead atoms. The molecule has 0 fully saturated rings. The lowest BCUT2D eigenvalue weighted by molar-refractivity contribution is 0.195. The number of carbonyl (C=O) groups excluding carboxylic acids is 1. The van der Waals surface area contributed by atoms with E-state index in [9.17, 15) is 9.00 Å². The monoisotopic (exact) mass is 286 g/mol. The standard InChI is InChI=1S/C12H22N4O2S/c1-5-15(8-7-10(3)4)12(17)16-9-13-11(14-16)19(18)6-2/h9-10H,5-8H2,1-4H3. The molecule has 0 spiro atoms. The fraction of sp³-hybridized carbons (Fsp3) is 0.750. The normalized spacial score (nSPS) is 12.7. The Bertz CT molecular complexity index is 445. The molecule has 0 radical (unpaired) electrons. The highest BCUT2D eigenvalue weighted by molar-refractivity contribution is 7.84. The van der Waals surface area contributed by atoms with Gasteiger partial charge in [0.1, 0.15) is 6.33 Å². The number of amides is 1. The highest BCUT2D eigenvalue weighted by atomic mass is 32.2. The molecule has 0 aliphatic heterocycles. The predicted octanol–water partition coefficient (Wildman–Crippen LogP) is 1.74. The van der Waals surface area contributed by atoms with Gasteiger partial charge in [0.05, 0.1) is 10.8 Å². The number of rotatable bonds is 6. The molecule has 108 valence electrons. The second kappa shape index (κ2) is 7.37. The van der Waals surface area contributed by atoms with Gasteiger partial charge in [-0.15, -0.1) is 5.10 Å². The summed E-state index contributed by atoms with van der Waals surface area (Å²) in [6.45, 7) is 9.28. The van der Waals surface area contributed by atoms with Crippen molar-refractivity contribution in [2.24, 2.45) is 5.92 Å². The van der Waals surface area contributed by atoms with Crippen LogP contribution in [-0.2, 0) is 10.8 Å². The van der Waals surface area contributed by atoms with Gasteiger partial charge in [0.15, 0.2) is 0 Å². The van der Waals surface area contributed by atoms with Crippen LogP contribution in [0, 0.1) is 5.92 Å². The first-order valence-electron chi connectivity index (χ1n) is 6.58. The lowest BCUT2D eigenvalue weighted by Gasteiger charge is -2.20. The summed E-state index contributed by atoms with van der Waals surface area (Å²) in [5, 5.41) is 4.21. The lowest BCUT2D eigenvalue weighted by atomic mass is 10.1. The zero-order chi connectivity index (χ0) is 14.4. The van der Waals surface area contributed by atoms with Gasteiger partial charge >= 0.3 is 6.03 Å². The van der Waals surface area contributed by atoms with Gasteiger partial charge < -0.3 is 4.90 Å². The van der Waals surface area contributed by atoms with Gasteiger partial charge in [0.25, 0.3) is 0 Å². The van der Waals surface area contributed by atoms with Crippen LogP contribution in [0.2, 0.25) is 0 Å². The molecule has 0 N–H and O–H groups in total. The maximum absolute atomic E-state index is 12.2. The van der Waals surface area contributed by atoms with Gasteiger partial charge in [-0.05, 0) is 19.3 Å². The quantitative estimate of drug-likeness (QED) is 0.799. The molecule has 1 unspecified atom stereocenters. The van der Waals surface area contributed by atoms with Crippen LogP contribution in [0.1, 0.15) is 34.1 Å². The van der Waals surface area contributed by atoms with Crippen LogP contribution >= 0.6 is 0 Å². The third-order valence-corrected chi connectivity index (χ3v) is 3.88. The maximum Gasteiger partial charge on any atom is 0.346 e.